The standard InChI is InChI=1S/C24H32N6O/c1-18-26-17-30(27-18)24-14-19-11-20(15-24)13-23(12-19,16-24)22(31)29-8-4-7-28(9-10-29)21-5-2-3-6-25-21/h2-3,5-6,17,19-20H,4,7-16H2,1H3/t19-,20-,23?,24?/m0/s1. The number of carbonyl (C=O) groups excluding carboxylic acids is 1. The van der Waals surface area contributed by atoms with E-state index < -0.39 is 0 Å². The zero-order valence-corrected chi connectivity index (χ0v) is 18.4. The van der Waals surface area contributed by atoms with Crippen molar-refractivity contribution in [1.82, 2.24) is 24.6 Å². The van der Waals surface area contributed by atoms with Gasteiger partial charge in [0.15, 0.2) is 0 Å². The molecule has 0 radical (unpaired) electrons. The summed E-state index contributed by atoms with van der Waals surface area (Å²) in [6.07, 6.45) is 11.5. The van der Waals surface area contributed by atoms with Gasteiger partial charge < -0.3 is 9.80 Å². The Morgan fingerprint density at radius 1 is 1.03 bits per heavy atom. The van der Waals surface area contributed by atoms with Gasteiger partial charge in [0.05, 0.1) is 11.0 Å². The SMILES string of the molecule is Cc1ncn(C23C[C@H]4C[C@@H](CC(C(=O)N5CCCN(c6ccccn6)CC5)(C4)C2)C3)n1. The minimum absolute atomic E-state index is 0.00710. The Hall–Kier alpha value is -2.44. The van der Waals surface area contributed by atoms with Gasteiger partial charge in [-0.15, -0.1) is 0 Å². The Kier molecular flexibility index (Phi) is 4.37. The van der Waals surface area contributed by atoms with Crippen LogP contribution in [0.15, 0.2) is 30.7 Å². The summed E-state index contributed by atoms with van der Waals surface area (Å²) >= 11 is 0. The molecule has 5 fully saturated rings. The van der Waals surface area contributed by atoms with Crippen molar-refractivity contribution < 1.29 is 4.79 Å². The molecular weight excluding hydrogens is 388 g/mol. The predicted molar refractivity (Wildman–Crippen MR) is 117 cm³/mol. The van der Waals surface area contributed by atoms with Gasteiger partial charge in [0, 0.05) is 32.4 Å². The van der Waals surface area contributed by atoms with Crippen molar-refractivity contribution in [2.75, 3.05) is 31.1 Å². The van der Waals surface area contributed by atoms with Gasteiger partial charge in [-0.2, -0.15) is 5.10 Å². The molecule has 7 heteroatoms. The first-order chi connectivity index (χ1) is 15.1. The Morgan fingerprint density at radius 2 is 1.87 bits per heavy atom. The van der Waals surface area contributed by atoms with Crippen LogP contribution < -0.4 is 4.90 Å². The summed E-state index contributed by atoms with van der Waals surface area (Å²) in [6, 6.07) is 6.06. The van der Waals surface area contributed by atoms with Crippen LogP contribution in [0.1, 0.15) is 50.8 Å². The molecular formula is C24H32N6O. The van der Waals surface area contributed by atoms with Crippen molar-refractivity contribution in [2.24, 2.45) is 17.3 Å². The number of anilines is 1. The number of hydrogen-bond donors (Lipinski definition) is 0. The second-order valence-electron chi connectivity index (χ2n) is 10.5. The summed E-state index contributed by atoms with van der Waals surface area (Å²) < 4.78 is 2.13. The molecule has 1 saturated heterocycles. The maximum atomic E-state index is 14.1. The van der Waals surface area contributed by atoms with E-state index in [1.54, 1.807) is 0 Å². The van der Waals surface area contributed by atoms with Crippen molar-refractivity contribution in [1.29, 1.82) is 0 Å². The van der Waals surface area contributed by atoms with Crippen LogP contribution in [0.25, 0.3) is 0 Å². The second kappa shape index (κ2) is 7.04. The molecule has 2 atom stereocenters. The fraction of sp³-hybridized carbons (Fsp3) is 0.667. The lowest BCUT2D eigenvalue weighted by Crippen LogP contribution is -2.61. The number of amides is 1. The first-order valence-electron chi connectivity index (χ1n) is 11.9. The number of pyridine rings is 1. The lowest BCUT2D eigenvalue weighted by atomic mass is 9.46. The Labute approximate surface area is 183 Å². The smallest absolute Gasteiger partial charge is 0.228 e. The maximum absolute atomic E-state index is 14.1. The van der Waals surface area contributed by atoms with Gasteiger partial charge in [0.2, 0.25) is 5.91 Å². The minimum Gasteiger partial charge on any atom is -0.355 e. The van der Waals surface area contributed by atoms with Gasteiger partial charge in [0.1, 0.15) is 18.0 Å². The Morgan fingerprint density at radius 3 is 2.58 bits per heavy atom. The highest BCUT2D eigenvalue weighted by molar-refractivity contribution is 5.83. The monoisotopic (exact) mass is 420 g/mol. The maximum Gasteiger partial charge on any atom is 0.228 e. The van der Waals surface area contributed by atoms with E-state index in [2.05, 4.69) is 30.5 Å². The second-order valence-corrected chi connectivity index (χ2v) is 10.5. The molecule has 0 spiro atoms. The molecule has 7 rings (SSSR count). The molecule has 4 saturated carbocycles. The van der Waals surface area contributed by atoms with Crippen molar-refractivity contribution in [3.8, 4) is 0 Å². The van der Waals surface area contributed by atoms with Crippen LogP contribution in [0.4, 0.5) is 5.82 Å². The first-order valence-corrected chi connectivity index (χ1v) is 11.9. The largest absolute Gasteiger partial charge is 0.355 e. The van der Waals surface area contributed by atoms with E-state index in [4.69, 9.17) is 5.10 Å². The van der Waals surface area contributed by atoms with E-state index in [1.165, 1.54) is 6.42 Å². The van der Waals surface area contributed by atoms with Gasteiger partial charge in [-0.1, -0.05) is 6.07 Å². The molecule has 0 N–H and O–H groups in total. The first kappa shape index (κ1) is 19.3. The lowest BCUT2D eigenvalue weighted by molar-refractivity contribution is -0.166. The highest BCUT2D eigenvalue weighted by Crippen LogP contribution is 2.64. The number of rotatable bonds is 3. The predicted octanol–water partition coefficient (Wildman–Crippen LogP) is 3.02. The average Bonchev–Trinajstić information content (AvgIpc) is 3.06. The molecule has 3 heterocycles. The molecule has 164 valence electrons. The van der Waals surface area contributed by atoms with Gasteiger partial charge in [-0.25, -0.2) is 14.6 Å². The van der Waals surface area contributed by atoms with Crippen LogP contribution in [0.5, 0.6) is 0 Å². The Balaban J connectivity index is 1.24. The lowest BCUT2D eigenvalue weighted by Gasteiger charge is -2.61. The van der Waals surface area contributed by atoms with Crippen LogP contribution in [-0.2, 0) is 10.3 Å². The zero-order chi connectivity index (χ0) is 21.1. The van der Waals surface area contributed by atoms with E-state index >= 15 is 0 Å². The van der Waals surface area contributed by atoms with E-state index in [0.29, 0.717) is 17.7 Å². The van der Waals surface area contributed by atoms with Gasteiger partial charge in [-0.05, 0) is 75.8 Å². The fourth-order valence-corrected chi connectivity index (χ4v) is 7.53. The third-order valence-electron chi connectivity index (χ3n) is 8.33. The van der Waals surface area contributed by atoms with Crippen LogP contribution in [0, 0.1) is 24.2 Å². The average molecular weight is 421 g/mol. The van der Waals surface area contributed by atoms with Crippen molar-refractivity contribution in [2.45, 2.75) is 57.4 Å². The summed E-state index contributed by atoms with van der Waals surface area (Å²) in [4.78, 5) is 27.5. The van der Waals surface area contributed by atoms with Crippen LogP contribution in [0.2, 0.25) is 0 Å². The van der Waals surface area contributed by atoms with Crippen molar-refractivity contribution in [3.05, 3.63) is 36.5 Å². The summed E-state index contributed by atoms with van der Waals surface area (Å²) in [5.41, 5.74) is -0.211. The topological polar surface area (TPSA) is 67.2 Å². The molecule has 5 aliphatic rings. The van der Waals surface area contributed by atoms with E-state index in [0.717, 1.165) is 76.3 Å². The minimum atomic E-state index is -0.204. The third-order valence-corrected chi connectivity index (χ3v) is 8.33. The molecule has 2 aromatic heterocycles. The van der Waals surface area contributed by atoms with Crippen LogP contribution in [-0.4, -0.2) is 56.7 Å². The summed E-state index contributed by atoms with van der Waals surface area (Å²) in [5, 5.41) is 4.73. The summed E-state index contributed by atoms with van der Waals surface area (Å²) in [6.45, 7) is 5.43. The number of aryl methyl sites for hydroxylation is 1. The zero-order valence-electron chi connectivity index (χ0n) is 18.4. The molecule has 4 bridgehead atoms. The number of hydrogen-bond acceptors (Lipinski definition) is 5. The normalized spacial score (nSPS) is 34.7. The van der Waals surface area contributed by atoms with Gasteiger partial charge in [0.25, 0.3) is 0 Å². The highest BCUT2D eigenvalue weighted by Gasteiger charge is 2.62. The molecule has 7 nitrogen and oxygen atoms in total. The quantitative estimate of drug-likeness (QED) is 0.764. The van der Waals surface area contributed by atoms with E-state index in [9.17, 15) is 4.79 Å². The van der Waals surface area contributed by atoms with E-state index in [-0.39, 0.29) is 11.0 Å². The molecule has 1 aliphatic heterocycles. The fourth-order valence-electron chi connectivity index (χ4n) is 7.53. The molecule has 0 unspecified atom stereocenters. The van der Waals surface area contributed by atoms with Crippen molar-refractivity contribution in [3.63, 3.8) is 0 Å². The molecule has 2 aromatic rings. The molecule has 0 aromatic carbocycles. The summed E-state index contributed by atoms with van der Waals surface area (Å²) in [5.74, 6) is 3.55. The number of aromatic nitrogens is 4. The number of nitrogens with zero attached hydrogens (tertiary/aromatic N) is 6. The number of carbonyl (C=O) groups is 1. The van der Waals surface area contributed by atoms with Gasteiger partial charge >= 0.3 is 0 Å². The molecule has 4 aliphatic carbocycles. The summed E-state index contributed by atoms with van der Waals surface area (Å²) in [7, 11) is 0. The van der Waals surface area contributed by atoms with Gasteiger partial charge in [-0.3, -0.25) is 4.79 Å². The van der Waals surface area contributed by atoms with Crippen LogP contribution >= 0.6 is 0 Å². The Bertz CT molecular complexity index is 957. The van der Waals surface area contributed by atoms with Crippen molar-refractivity contribution >= 4 is 11.7 Å². The van der Waals surface area contributed by atoms with E-state index in [1.807, 2.05) is 31.6 Å². The highest BCUT2D eigenvalue weighted by atomic mass is 16.2. The molecule has 1 amide bonds. The molecule has 31 heavy (non-hydrogen) atoms. The third kappa shape index (κ3) is 3.15. The van der Waals surface area contributed by atoms with Crippen LogP contribution in [0.3, 0.4) is 0 Å².